The molecule has 4 rings (SSSR count). The number of aliphatic imine (C=N–C) groups is 1. The molecule has 26 heavy (non-hydrogen) atoms. The van der Waals surface area contributed by atoms with Crippen LogP contribution in [-0.4, -0.2) is 49.9 Å². The molecule has 0 aliphatic carbocycles. The van der Waals surface area contributed by atoms with E-state index in [1.165, 1.54) is 22.2 Å². The highest BCUT2D eigenvalue weighted by molar-refractivity contribution is 7.23. The van der Waals surface area contributed by atoms with Gasteiger partial charge in [0.1, 0.15) is 16.7 Å². The number of amidine groups is 1. The fraction of sp³-hybridized carbons (Fsp3) is 0.250. The Hall–Kier alpha value is -2.44. The van der Waals surface area contributed by atoms with E-state index in [0.29, 0.717) is 5.69 Å². The molecule has 0 spiro atoms. The van der Waals surface area contributed by atoms with Crippen LogP contribution in [0.3, 0.4) is 0 Å². The minimum atomic E-state index is -0.265. The maximum Gasteiger partial charge on any atom is 0.140 e. The molecule has 1 aliphatic heterocycles. The number of anilines is 2. The van der Waals surface area contributed by atoms with E-state index in [2.05, 4.69) is 48.4 Å². The van der Waals surface area contributed by atoms with Crippen molar-refractivity contribution in [3.63, 3.8) is 0 Å². The van der Waals surface area contributed by atoms with Gasteiger partial charge in [-0.3, -0.25) is 0 Å². The fourth-order valence-corrected chi connectivity index (χ4v) is 4.20. The zero-order chi connectivity index (χ0) is 18.3. The standard InChI is InChI=1S/C20H21FN4S/c1-24(2)10-11-25(3)19-18-14-6-4-5-7-17(14)26-20(18)23-16-12-13(21)8-9-15(16)22-19/h4-9,12,23H,10-11H2,1-3H3. The number of hydrogen-bond donors (Lipinski definition) is 1. The molecule has 0 unspecified atom stereocenters. The summed E-state index contributed by atoms with van der Waals surface area (Å²) in [6, 6.07) is 13.0. The van der Waals surface area contributed by atoms with Gasteiger partial charge in [0.25, 0.3) is 0 Å². The first-order chi connectivity index (χ1) is 12.5. The van der Waals surface area contributed by atoms with Gasteiger partial charge >= 0.3 is 0 Å². The first-order valence-electron chi connectivity index (χ1n) is 8.56. The van der Waals surface area contributed by atoms with Crippen LogP contribution in [0, 0.1) is 5.82 Å². The van der Waals surface area contributed by atoms with Crippen LogP contribution in [0.5, 0.6) is 0 Å². The minimum absolute atomic E-state index is 0.265. The largest absolute Gasteiger partial charge is 0.358 e. The molecule has 1 aromatic heterocycles. The molecule has 134 valence electrons. The van der Waals surface area contributed by atoms with Crippen molar-refractivity contribution in [2.24, 2.45) is 4.99 Å². The zero-order valence-corrected chi connectivity index (χ0v) is 15.9. The molecule has 0 bridgehead atoms. The second kappa shape index (κ2) is 6.70. The van der Waals surface area contributed by atoms with Gasteiger partial charge in [0.15, 0.2) is 0 Å². The molecular formula is C20H21FN4S. The summed E-state index contributed by atoms with van der Waals surface area (Å²) in [6.45, 7) is 1.78. The monoisotopic (exact) mass is 368 g/mol. The first-order valence-corrected chi connectivity index (χ1v) is 9.37. The number of benzene rings is 2. The molecule has 2 aromatic carbocycles. The normalized spacial score (nSPS) is 13.0. The molecule has 0 radical (unpaired) electrons. The van der Waals surface area contributed by atoms with Crippen molar-refractivity contribution in [3.05, 3.63) is 53.8 Å². The number of fused-ring (bicyclic) bond motifs is 4. The van der Waals surface area contributed by atoms with Crippen molar-refractivity contribution in [2.45, 2.75) is 0 Å². The number of hydrogen-bond acceptors (Lipinski definition) is 5. The van der Waals surface area contributed by atoms with Crippen LogP contribution in [0.1, 0.15) is 5.56 Å². The highest BCUT2D eigenvalue weighted by atomic mass is 32.1. The quantitative estimate of drug-likeness (QED) is 0.729. The van der Waals surface area contributed by atoms with Gasteiger partial charge in [-0.2, -0.15) is 0 Å². The SMILES string of the molecule is CN(C)CCN(C)C1=Nc2ccc(F)cc2Nc2sc3ccccc3c21. The van der Waals surface area contributed by atoms with Gasteiger partial charge in [0, 0.05) is 30.2 Å². The van der Waals surface area contributed by atoms with Crippen molar-refractivity contribution in [2.75, 3.05) is 39.5 Å². The van der Waals surface area contributed by atoms with Gasteiger partial charge in [-0.15, -0.1) is 11.3 Å². The molecule has 0 amide bonds. The van der Waals surface area contributed by atoms with Gasteiger partial charge in [-0.05, 0) is 38.4 Å². The minimum Gasteiger partial charge on any atom is -0.358 e. The van der Waals surface area contributed by atoms with Crippen LogP contribution in [0.25, 0.3) is 10.1 Å². The average Bonchev–Trinajstić information content (AvgIpc) is 2.88. The van der Waals surface area contributed by atoms with Crippen molar-refractivity contribution < 1.29 is 4.39 Å². The molecular weight excluding hydrogens is 347 g/mol. The van der Waals surface area contributed by atoms with E-state index in [9.17, 15) is 4.39 Å². The number of likely N-dealkylation sites (N-methyl/N-ethyl adjacent to an activating group) is 2. The lowest BCUT2D eigenvalue weighted by Crippen LogP contribution is -2.34. The summed E-state index contributed by atoms with van der Waals surface area (Å²) in [5, 5.41) is 5.59. The Balaban J connectivity index is 1.89. The highest BCUT2D eigenvalue weighted by Gasteiger charge is 2.24. The van der Waals surface area contributed by atoms with Gasteiger partial charge < -0.3 is 15.1 Å². The molecule has 0 saturated carbocycles. The summed E-state index contributed by atoms with van der Waals surface area (Å²) in [7, 11) is 6.19. The predicted octanol–water partition coefficient (Wildman–Crippen LogP) is 4.67. The van der Waals surface area contributed by atoms with E-state index in [-0.39, 0.29) is 5.82 Å². The zero-order valence-electron chi connectivity index (χ0n) is 15.1. The third-order valence-electron chi connectivity index (χ3n) is 4.50. The van der Waals surface area contributed by atoms with E-state index in [1.807, 2.05) is 12.1 Å². The summed E-state index contributed by atoms with van der Waals surface area (Å²) in [5.41, 5.74) is 2.54. The van der Waals surface area contributed by atoms with Crippen molar-refractivity contribution >= 4 is 43.6 Å². The Bertz CT molecular complexity index is 993. The van der Waals surface area contributed by atoms with Crippen molar-refractivity contribution in [3.8, 4) is 0 Å². The predicted molar refractivity (Wildman–Crippen MR) is 109 cm³/mol. The Morgan fingerprint density at radius 3 is 2.69 bits per heavy atom. The Labute approximate surface area is 156 Å². The summed E-state index contributed by atoms with van der Waals surface area (Å²) in [4.78, 5) is 9.26. The van der Waals surface area contributed by atoms with Crippen LogP contribution in [0.4, 0.5) is 20.8 Å². The number of rotatable bonds is 3. The van der Waals surface area contributed by atoms with Gasteiger partial charge in [-0.1, -0.05) is 18.2 Å². The van der Waals surface area contributed by atoms with Gasteiger partial charge in [-0.25, -0.2) is 9.38 Å². The van der Waals surface area contributed by atoms with E-state index >= 15 is 0 Å². The lowest BCUT2D eigenvalue weighted by atomic mass is 10.1. The Kier molecular flexibility index (Phi) is 4.38. The Morgan fingerprint density at radius 1 is 1.08 bits per heavy atom. The fourth-order valence-electron chi connectivity index (χ4n) is 3.09. The number of nitrogens with zero attached hydrogens (tertiary/aromatic N) is 3. The van der Waals surface area contributed by atoms with Crippen LogP contribution >= 0.6 is 11.3 Å². The average molecular weight is 368 g/mol. The second-order valence-electron chi connectivity index (χ2n) is 6.75. The molecule has 6 heteroatoms. The maximum absolute atomic E-state index is 13.8. The topological polar surface area (TPSA) is 30.9 Å². The van der Waals surface area contributed by atoms with Crippen molar-refractivity contribution in [1.82, 2.24) is 9.80 Å². The smallest absolute Gasteiger partial charge is 0.140 e. The number of nitrogens with one attached hydrogen (secondary N) is 1. The van der Waals surface area contributed by atoms with Crippen LogP contribution in [0.2, 0.25) is 0 Å². The molecule has 0 saturated heterocycles. The summed E-state index contributed by atoms with van der Waals surface area (Å²) >= 11 is 1.68. The van der Waals surface area contributed by atoms with E-state index in [1.54, 1.807) is 17.4 Å². The lowest BCUT2D eigenvalue weighted by molar-refractivity contribution is 0.357. The van der Waals surface area contributed by atoms with E-state index < -0.39 is 0 Å². The van der Waals surface area contributed by atoms with Crippen molar-refractivity contribution in [1.29, 1.82) is 0 Å². The Morgan fingerprint density at radius 2 is 1.88 bits per heavy atom. The summed E-state index contributed by atoms with van der Waals surface area (Å²) in [5.74, 6) is 0.649. The number of halogens is 1. The third-order valence-corrected chi connectivity index (χ3v) is 5.58. The lowest BCUT2D eigenvalue weighted by Gasteiger charge is -2.23. The van der Waals surface area contributed by atoms with Crippen LogP contribution in [0.15, 0.2) is 47.5 Å². The first kappa shape index (κ1) is 17.0. The van der Waals surface area contributed by atoms with Crippen LogP contribution in [-0.2, 0) is 0 Å². The van der Waals surface area contributed by atoms with Crippen LogP contribution < -0.4 is 5.32 Å². The number of thiophene rings is 1. The summed E-state index contributed by atoms with van der Waals surface area (Å²) in [6.07, 6.45) is 0. The van der Waals surface area contributed by atoms with Gasteiger partial charge in [0.2, 0.25) is 0 Å². The second-order valence-corrected chi connectivity index (χ2v) is 7.80. The molecule has 0 atom stereocenters. The molecule has 1 aliphatic rings. The van der Waals surface area contributed by atoms with E-state index in [4.69, 9.17) is 4.99 Å². The summed E-state index contributed by atoms with van der Waals surface area (Å²) < 4.78 is 15.0. The molecule has 3 aromatic rings. The molecule has 2 heterocycles. The third kappa shape index (κ3) is 3.06. The van der Waals surface area contributed by atoms with Gasteiger partial charge in [0.05, 0.1) is 16.9 Å². The molecule has 4 nitrogen and oxygen atoms in total. The highest BCUT2D eigenvalue weighted by Crippen LogP contribution is 2.43. The van der Waals surface area contributed by atoms with E-state index in [0.717, 1.165) is 35.2 Å². The molecule has 0 fully saturated rings. The maximum atomic E-state index is 13.8. The molecule has 1 N–H and O–H groups in total.